The van der Waals surface area contributed by atoms with Crippen LogP contribution in [0.1, 0.15) is 44.0 Å². The first-order valence-electron chi connectivity index (χ1n) is 10.8. The molecule has 3 heterocycles. The van der Waals surface area contributed by atoms with Gasteiger partial charge >= 0.3 is 6.18 Å². The first-order valence-corrected chi connectivity index (χ1v) is 10.8. The molecule has 1 fully saturated rings. The van der Waals surface area contributed by atoms with Crippen LogP contribution in [0, 0.1) is 5.92 Å². The van der Waals surface area contributed by atoms with Crippen LogP contribution < -0.4 is 10.2 Å². The first kappa shape index (κ1) is 22.0. The lowest BCUT2D eigenvalue weighted by Gasteiger charge is -2.32. The Balaban J connectivity index is 1.36. The summed E-state index contributed by atoms with van der Waals surface area (Å²) in [6.45, 7) is 3.20. The van der Waals surface area contributed by atoms with Crippen molar-refractivity contribution in [3.63, 3.8) is 0 Å². The van der Waals surface area contributed by atoms with Crippen molar-refractivity contribution in [1.82, 2.24) is 19.8 Å². The van der Waals surface area contributed by atoms with Crippen LogP contribution in [0.4, 0.5) is 24.7 Å². The van der Waals surface area contributed by atoms with Crippen LogP contribution in [0.2, 0.25) is 0 Å². The van der Waals surface area contributed by atoms with Gasteiger partial charge in [0.05, 0.1) is 0 Å². The fraction of sp³-hybridized carbons (Fsp3) is 0.455. The predicted molar refractivity (Wildman–Crippen MR) is 114 cm³/mol. The minimum Gasteiger partial charge on any atom is -0.355 e. The Bertz CT molecular complexity index is 1070. The molecule has 0 bridgehead atoms. The van der Waals surface area contributed by atoms with Crippen molar-refractivity contribution in [3.8, 4) is 0 Å². The van der Waals surface area contributed by atoms with E-state index in [1.807, 2.05) is 29.2 Å². The normalized spacial score (nSPS) is 15.3. The fourth-order valence-electron chi connectivity index (χ4n) is 3.88. The molecule has 0 atom stereocenters. The predicted octanol–water partition coefficient (Wildman–Crippen LogP) is 4.34. The topological polar surface area (TPSA) is 75.4 Å². The average molecular weight is 446 g/mol. The summed E-state index contributed by atoms with van der Waals surface area (Å²) in [7, 11) is 0. The van der Waals surface area contributed by atoms with Crippen molar-refractivity contribution in [1.29, 1.82) is 0 Å². The van der Waals surface area contributed by atoms with Crippen LogP contribution in [0.5, 0.6) is 0 Å². The molecule has 1 N–H and O–H groups in total. The molecule has 0 unspecified atom stereocenters. The van der Waals surface area contributed by atoms with E-state index in [9.17, 15) is 18.0 Å². The first-order chi connectivity index (χ1) is 15.3. The third kappa shape index (κ3) is 4.84. The van der Waals surface area contributed by atoms with Crippen LogP contribution in [0.25, 0.3) is 5.65 Å². The summed E-state index contributed by atoms with van der Waals surface area (Å²) in [5.74, 6) is -0.934. The molecule has 4 rings (SSSR count). The maximum Gasteiger partial charge on any atom is 0.453 e. The number of piperidine rings is 1. The highest BCUT2D eigenvalue weighted by Gasteiger charge is 2.38. The van der Waals surface area contributed by atoms with Crippen LogP contribution in [-0.2, 0) is 17.4 Å². The summed E-state index contributed by atoms with van der Waals surface area (Å²) in [4.78, 5) is 14.6. The minimum atomic E-state index is -4.63. The van der Waals surface area contributed by atoms with Gasteiger partial charge in [-0.05, 0) is 55.5 Å². The zero-order valence-electron chi connectivity index (χ0n) is 17.8. The molecule has 7 nitrogen and oxygen atoms in total. The summed E-state index contributed by atoms with van der Waals surface area (Å²) in [6, 6.07) is 11.0. The number of fused-ring (bicyclic) bond motifs is 1. The number of anilines is 2. The van der Waals surface area contributed by atoms with E-state index in [1.54, 1.807) is 6.07 Å². The van der Waals surface area contributed by atoms with E-state index in [4.69, 9.17) is 0 Å². The van der Waals surface area contributed by atoms with Gasteiger partial charge in [0, 0.05) is 24.7 Å². The van der Waals surface area contributed by atoms with Gasteiger partial charge in [0.15, 0.2) is 5.65 Å². The number of hydrogen-bond donors (Lipinski definition) is 1. The number of carbonyl (C=O) groups is 1. The van der Waals surface area contributed by atoms with E-state index in [1.165, 1.54) is 11.6 Å². The van der Waals surface area contributed by atoms with Crippen LogP contribution in [0.15, 0.2) is 36.4 Å². The number of halogens is 3. The number of aryl methyl sites for hydroxylation is 1. The van der Waals surface area contributed by atoms with Crippen molar-refractivity contribution < 1.29 is 18.0 Å². The molecule has 170 valence electrons. The summed E-state index contributed by atoms with van der Waals surface area (Å²) in [5.41, 5.74) is 2.07. The highest BCUT2D eigenvalue weighted by molar-refractivity contribution is 5.92. The maximum absolute atomic E-state index is 13.1. The number of rotatable bonds is 6. The molecule has 1 aliphatic rings. The Morgan fingerprint density at radius 3 is 2.47 bits per heavy atom. The summed E-state index contributed by atoms with van der Waals surface area (Å²) < 4.78 is 40.0. The van der Waals surface area contributed by atoms with Gasteiger partial charge in [-0.25, -0.2) is 0 Å². The lowest BCUT2D eigenvalue weighted by molar-refractivity contribution is -0.146. The minimum absolute atomic E-state index is 0.0347. The molecule has 0 saturated carbocycles. The largest absolute Gasteiger partial charge is 0.453 e. The Kier molecular flexibility index (Phi) is 6.29. The SMILES string of the molecule is CCCCc1ccc(NC(=O)C2CCN(c3ccc4nnc(C(F)(F)F)n4n3)CC2)cc1. The quantitative estimate of drug-likeness (QED) is 0.610. The van der Waals surface area contributed by atoms with Gasteiger partial charge in [-0.3, -0.25) is 4.79 Å². The molecule has 3 aromatic rings. The molecule has 0 radical (unpaired) electrons. The monoisotopic (exact) mass is 446 g/mol. The molecule has 1 aliphatic heterocycles. The van der Waals surface area contributed by atoms with E-state index in [-0.39, 0.29) is 17.5 Å². The van der Waals surface area contributed by atoms with Crippen LogP contribution in [-0.4, -0.2) is 38.8 Å². The number of nitrogens with one attached hydrogen (secondary N) is 1. The summed E-state index contributed by atoms with van der Waals surface area (Å²) in [5, 5.41) is 13.8. The van der Waals surface area contributed by atoms with E-state index >= 15 is 0 Å². The molecule has 1 amide bonds. The molecule has 1 aromatic carbocycles. The summed E-state index contributed by atoms with van der Waals surface area (Å²) in [6.07, 6.45) is -0.139. The smallest absolute Gasteiger partial charge is 0.355 e. The third-order valence-corrected chi connectivity index (χ3v) is 5.73. The fourth-order valence-corrected chi connectivity index (χ4v) is 3.88. The number of hydrogen-bond acceptors (Lipinski definition) is 5. The van der Waals surface area contributed by atoms with Gasteiger partial charge in [-0.1, -0.05) is 25.5 Å². The second kappa shape index (κ2) is 9.13. The van der Waals surface area contributed by atoms with Crippen molar-refractivity contribution in [3.05, 3.63) is 47.8 Å². The molecule has 2 aromatic heterocycles. The van der Waals surface area contributed by atoms with Gasteiger partial charge in [-0.2, -0.15) is 17.7 Å². The Morgan fingerprint density at radius 2 is 1.81 bits per heavy atom. The second-order valence-corrected chi connectivity index (χ2v) is 8.03. The number of aromatic nitrogens is 4. The number of carbonyl (C=O) groups excluding carboxylic acids is 1. The van der Waals surface area contributed by atoms with Gasteiger partial charge in [-0.15, -0.1) is 15.3 Å². The number of alkyl halides is 3. The van der Waals surface area contributed by atoms with Crippen molar-refractivity contribution in [2.24, 2.45) is 5.92 Å². The average Bonchev–Trinajstić information content (AvgIpc) is 3.22. The van der Waals surface area contributed by atoms with E-state index in [0.717, 1.165) is 29.5 Å². The van der Waals surface area contributed by atoms with E-state index in [0.29, 0.717) is 31.7 Å². The lowest BCUT2D eigenvalue weighted by atomic mass is 9.95. The molecular weight excluding hydrogens is 421 g/mol. The standard InChI is InChI=1S/C22H25F3N6O/c1-2-3-4-15-5-7-17(8-6-15)26-20(32)16-11-13-30(14-12-16)19-10-9-18-27-28-21(22(23,24)25)31(18)29-19/h5-10,16H,2-4,11-14H2,1H3,(H,26,32). The number of amides is 1. The number of benzene rings is 1. The maximum atomic E-state index is 13.1. The molecular formula is C22H25F3N6O. The van der Waals surface area contributed by atoms with Crippen LogP contribution in [0.3, 0.4) is 0 Å². The third-order valence-electron chi connectivity index (χ3n) is 5.73. The second-order valence-electron chi connectivity index (χ2n) is 8.03. The van der Waals surface area contributed by atoms with Crippen molar-refractivity contribution in [2.45, 2.75) is 45.2 Å². The Morgan fingerprint density at radius 1 is 1.09 bits per heavy atom. The molecule has 1 saturated heterocycles. The van der Waals surface area contributed by atoms with Crippen molar-refractivity contribution in [2.75, 3.05) is 23.3 Å². The van der Waals surface area contributed by atoms with Crippen molar-refractivity contribution >= 4 is 23.1 Å². The summed E-state index contributed by atoms with van der Waals surface area (Å²) >= 11 is 0. The molecule has 32 heavy (non-hydrogen) atoms. The highest BCUT2D eigenvalue weighted by Crippen LogP contribution is 2.29. The lowest BCUT2D eigenvalue weighted by Crippen LogP contribution is -2.38. The van der Waals surface area contributed by atoms with E-state index < -0.39 is 12.0 Å². The van der Waals surface area contributed by atoms with Gasteiger partial charge in [0.2, 0.25) is 5.91 Å². The zero-order valence-corrected chi connectivity index (χ0v) is 17.8. The molecule has 0 spiro atoms. The van der Waals surface area contributed by atoms with Gasteiger partial charge in [0.1, 0.15) is 5.82 Å². The van der Waals surface area contributed by atoms with Crippen LogP contribution >= 0.6 is 0 Å². The van der Waals surface area contributed by atoms with E-state index in [2.05, 4.69) is 27.5 Å². The zero-order chi connectivity index (χ0) is 22.7. The highest BCUT2D eigenvalue weighted by atomic mass is 19.4. The Hall–Kier alpha value is -3.17. The number of unbranched alkanes of at least 4 members (excludes halogenated alkanes) is 1. The Labute approximate surface area is 183 Å². The van der Waals surface area contributed by atoms with Gasteiger partial charge < -0.3 is 10.2 Å². The molecule has 0 aliphatic carbocycles. The van der Waals surface area contributed by atoms with Gasteiger partial charge in [0.25, 0.3) is 5.82 Å². The molecule has 10 heteroatoms. The number of nitrogens with zero attached hydrogens (tertiary/aromatic N) is 5.